The first-order valence-corrected chi connectivity index (χ1v) is 11.4. The zero-order valence-electron chi connectivity index (χ0n) is 18.3. The van der Waals surface area contributed by atoms with Crippen LogP contribution in [0.1, 0.15) is 75.8 Å². The highest BCUT2D eigenvalue weighted by Gasteiger charge is 2.23. The van der Waals surface area contributed by atoms with Crippen molar-refractivity contribution in [3.05, 3.63) is 71.3 Å². The summed E-state index contributed by atoms with van der Waals surface area (Å²) in [5, 5.41) is 0. The Hall–Kier alpha value is -2.00. The lowest BCUT2D eigenvalue weighted by Gasteiger charge is -2.27. The molecular formula is C27H34F2O. The molecule has 0 amide bonds. The Morgan fingerprint density at radius 3 is 2.23 bits per heavy atom. The molecule has 2 aromatic carbocycles. The van der Waals surface area contributed by atoms with Gasteiger partial charge in [0.25, 0.3) is 0 Å². The molecule has 0 aromatic heterocycles. The van der Waals surface area contributed by atoms with E-state index in [2.05, 4.69) is 19.1 Å². The van der Waals surface area contributed by atoms with Crippen LogP contribution in [-0.4, -0.2) is 6.61 Å². The van der Waals surface area contributed by atoms with Crippen LogP contribution in [0.25, 0.3) is 11.1 Å². The third-order valence-corrected chi connectivity index (χ3v) is 6.18. The van der Waals surface area contributed by atoms with E-state index in [1.165, 1.54) is 12.8 Å². The highest BCUT2D eigenvalue weighted by atomic mass is 19.1. The molecule has 0 atom stereocenters. The Morgan fingerprint density at radius 1 is 0.967 bits per heavy atom. The van der Waals surface area contributed by atoms with E-state index in [-0.39, 0.29) is 11.5 Å². The third kappa shape index (κ3) is 6.01. The molecule has 162 valence electrons. The van der Waals surface area contributed by atoms with Crippen molar-refractivity contribution in [1.29, 1.82) is 0 Å². The summed E-state index contributed by atoms with van der Waals surface area (Å²) >= 11 is 0. The second-order valence-corrected chi connectivity index (χ2v) is 8.45. The molecule has 0 spiro atoms. The van der Waals surface area contributed by atoms with Gasteiger partial charge < -0.3 is 4.74 Å². The maximum atomic E-state index is 14.9. The molecule has 0 heterocycles. The Morgan fingerprint density at radius 2 is 1.63 bits per heavy atom. The van der Waals surface area contributed by atoms with Crippen molar-refractivity contribution < 1.29 is 13.5 Å². The summed E-state index contributed by atoms with van der Waals surface area (Å²) in [7, 11) is 0. The lowest BCUT2D eigenvalue weighted by atomic mass is 9.78. The van der Waals surface area contributed by atoms with Crippen LogP contribution < -0.4 is 0 Å². The van der Waals surface area contributed by atoms with E-state index in [0.29, 0.717) is 18.1 Å². The maximum Gasteiger partial charge on any atom is 0.134 e. The molecule has 2 aromatic rings. The molecule has 1 nitrogen and oxygen atoms in total. The zero-order chi connectivity index (χ0) is 21.3. The van der Waals surface area contributed by atoms with Gasteiger partial charge in [-0.05, 0) is 79.7 Å². The molecule has 0 saturated heterocycles. The minimum Gasteiger partial charge on any atom is -0.377 e. The number of benzene rings is 2. The van der Waals surface area contributed by atoms with Gasteiger partial charge in [0.2, 0.25) is 0 Å². The summed E-state index contributed by atoms with van der Waals surface area (Å²) in [4.78, 5) is 0. The van der Waals surface area contributed by atoms with Crippen molar-refractivity contribution in [2.45, 2.75) is 71.3 Å². The van der Waals surface area contributed by atoms with Crippen LogP contribution in [0, 0.1) is 17.6 Å². The molecule has 1 fully saturated rings. The molecular weight excluding hydrogens is 378 g/mol. The lowest BCUT2D eigenvalue weighted by Crippen LogP contribution is -2.12. The Bertz CT molecular complexity index is 794. The fourth-order valence-electron chi connectivity index (χ4n) is 4.43. The molecule has 3 rings (SSSR count). The van der Waals surface area contributed by atoms with E-state index in [0.717, 1.165) is 49.8 Å². The van der Waals surface area contributed by atoms with Crippen molar-refractivity contribution >= 4 is 0 Å². The topological polar surface area (TPSA) is 9.23 Å². The lowest BCUT2D eigenvalue weighted by molar-refractivity contribution is 0.117. The van der Waals surface area contributed by atoms with Crippen LogP contribution in [0.2, 0.25) is 0 Å². The summed E-state index contributed by atoms with van der Waals surface area (Å²) in [5.41, 5.74) is 2.45. The molecule has 0 unspecified atom stereocenters. The number of hydrogen-bond donors (Lipinski definition) is 0. The van der Waals surface area contributed by atoms with Gasteiger partial charge in [-0.15, -0.1) is 0 Å². The molecule has 0 aliphatic heterocycles. The first-order valence-electron chi connectivity index (χ1n) is 11.4. The van der Waals surface area contributed by atoms with Gasteiger partial charge in [0, 0.05) is 6.61 Å². The fourth-order valence-corrected chi connectivity index (χ4v) is 4.43. The van der Waals surface area contributed by atoms with Crippen molar-refractivity contribution in [3.63, 3.8) is 0 Å². The minimum absolute atomic E-state index is 0.0665. The van der Waals surface area contributed by atoms with Crippen molar-refractivity contribution in [2.75, 3.05) is 6.61 Å². The van der Waals surface area contributed by atoms with Crippen LogP contribution in [0.5, 0.6) is 0 Å². The summed E-state index contributed by atoms with van der Waals surface area (Å²) in [5.74, 6) is -0.0839. The molecule has 0 N–H and O–H groups in total. The average Bonchev–Trinajstić information content (AvgIpc) is 2.75. The molecule has 1 aliphatic rings. The number of ether oxygens (including phenoxy) is 1. The molecule has 1 aliphatic carbocycles. The first kappa shape index (κ1) is 22.7. The fraction of sp³-hybridized carbons (Fsp3) is 0.481. The predicted octanol–water partition coefficient (Wildman–Crippen LogP) is 8.19. The van der Waals surface area contributed by atoms with E-state index in [1.54, 1.807) is 24.3 Å². The van der Waals surface area contributed by atoms with Crippen molar-refractivity contribution in [1.82, 2.24) is 0 Å². The Kier molecular flexibility index (Phi) is 8.62. The van der Waals surface area contributed by atoms with E-state index in [4.69, 9.17) is 4.74 Å². The second kappa shape index (κ2) is 11.4. The predicted molar refractivity (Wildman–Crippen MR) is 120 cm³/mol. The van der Waals surface area contributed by atoms with Gasteiger partial charge >= 0.3 is 0 Å². The number of unbranched alkanes of at least 4 members (excludes halogenated alkanes) is 2. The normalized spacial score (nSPS) is 19.5. The van der Waals surface area contributed by atoms with E-state index in [9.17, 15) is 8.78 Å². The monoisotopic (exact) mass is 412 g/mol. The third-order valence-electron chi connectivity index (χ3n) is 6.18. The van der Waals surface area contributed by atoms with Gasteiger partial charge in [-0.3, -0.25) is 0 Å². The SMILES string of the molecule is CC=CC1CCC(c2cc(F)c(-c3ccc(COCCCCC)cc3)c(F)c2)CC1. The van der Waals surface area contributed by atoms with E-state index < -0.39 is 11.6 Å². The molecule has 0 bridgehead atoms. The maximum absolute atomic E-state index is 14.9. The van der Waals surface area contributed by atoms with Gasteiger partial charge in [0.15, 0.2) is 0 Å². The smallest absolute Gasteiger partial charge is 0.134 e. The van der Waals surface area contributed by atoms with Gasteiger partial charge in [0.1, 0.15) is 11.6 Å². The first-order chi connectivity index (χ1) is 14.6. The van der Waals surface area contributed by atoms with Crippen LogP contribution in [0.15, 0.2) is 48.6 Å². The van der Waals surface area contributed by atoms with Crippen molar-refractivity contribution in [3.8, 4) is 11.1 Å². The minimum atomic E-state index is -0.468. The quantitative estimate of drug-likeness (QED) is 0.298. The van der Waals surface area contributed by atoms with Gasteiger partial charge in [-0.1, -0.05) is 56.2 Å². The summed E-state index contributed by atoms with van der Waals surface area (Å²) < 4.78 is 35.5. The largest absolute Gasteiger partial charge is 0.377 e. The summed E-state index contributed by atoms with van der Waals surface area (Å²) in [6.45, 7) is 5.49. The summed E-state index contributed by atoms with van der Waals surface area (Å²) in [6, 6.07) is 10.4. The number of halogens is 2. The van der Waals surface area contributed by atoms with Gasteiger partial charge in [-0.2, -0.15) is 0 Å². The summed E-state index contributed by atoms with van der Waals surface area (Å²) in [6.07, 6.45) is 11.9. The van der Waals surface area contributed by atoms with Crippen LogP contribution in [0.4, 0.5) is 8.78 Å². The number of allylic oxidation sites excluding steroid dienone is 2. The van der Waals surface area contributed by atoms with Crippen LogP contribution in [0.3, 0.4) is 0 Å². The Labute approximate surface area is 180 Å². The molecule has 30 heavy (non-hydrogen) atoms. The highest BCUT2D eigenvalue weighted by Crippen LogP contribution is 2.38. The standard InChI is InChI=1S/C27H34F2O/c1-3-5-6-16-30-19-21-10-14-23(15-11-21)27-25(28)17-24(18-26(27)29)22-12-8-20(7-4-2)9-13-22/h4,7,10-11,14-15,17-18,20,22H,3,5-6,8-9,12-13,16,19H2,1-2H3. The van der Waals surface area contributed by atoms with Crippen LogP contribution in [-0.2, 0) is 11.3 Å². The highest BCUT2D eigenvalue weighted by molar-refractivity contribution is 5.65. The second-order valence-electron chi connectivity index (χ2n) is 8.45. The average molecular weight is 413 g/mol. The molecule has 3 heteroatoms. The van der Waals surface area contributed by atoms with Crippen LogP contribution >= 0.6 is 0 Å². The van der Waals surface area contributed by atoms with E-state index in [1.807, 2.05) is 19.1 Å². The number of hydrogen-bond acceptors (Lipinski definition) is 1. The Balaban J connectivity index is 1.65. The molecule has 1 saturated carbocycles. The van der Waals surface area contributed by atoms with Crippen molar-refractivity contribution in [2.24, 2.45) is 5.92 Å². The number of rotatable bonds is 9. The van der Waals surface area contributed by atoms with Gasteiger partial charge in [0.05, 0.1) is 12.2 Å². The van der Waals surface area contributed by atoms with E-state index >= 15 is 0 Å². The molecule has 0 radical (unpaired) electrons. The zero-order valence-corrected chi connectivity index (χ0v) is 18.3. The van der Waals surface area contributed by atoms with Gasteiger partial charge in [-0.25, -0.2) is 8.78 Å².